The maximum Gasteiger partial charge on any atom is 0.305 e. The highest BCUT2D eigenvalue weighted by atomic mass is 16.5. The van der Waals surface area contributed by atoms with E-state index in [1.54, 1.807) is 0 Å². The summed E-state index contributed by atoms with van der Waals surface area (Å²) in [6, 6.07) is -0.545. The predicted octanol–water partition coefficient (Wildman–Crippen LogP) is 17.5. The topological polar surface area (TPSA) is 95.9 Å². The number of ether oxygens (including phenoxy) is 1. The molecule has 63 heavy (non-hydrogen) atoms. The van der Waals surface area contributed by atoms with E-state index in [9.17, 15) is 19.8 Å². The van der Waals surface area contributed by atoms with Crippen LogP contribution in [0.15, 0.2) is 0 Å². The third kappa shape index (κ3) is 50.1. The van der Waals surface area contributed by atoms with Crippen LogP contribution in [0.3, 0.4) is 0 Å². The van der Waals surface area contributed by atoms with Gasteiger partial charge in [-0.25, -0.2) is 0 Å². The van der Waals surface area contributed by atoms with Gasteiger partial charge in [0.1, 0.15) is 0 Å². The molecule has 0 aromatic rings. The molecule has 0 radical (unpaired) electrons. The molecule has 1 amide bonds. The largest absolute Gasteiger partial charge is 0.466 e. The zero-order valence-corrected chi connectivity index (χ0v) is 42.8. The molecule has 0 aromatic heterocycles. The second-order valence-electron chi connectivity index (χ2n) is 20.0. The van der Waals surface area contributed by atoms with Crippen molar-refractivity contribution in [2.75, 3.05) is 13.2 Å². The van der Waals surface area contributed by atoms with Gasteiger partial charge >= 0.3 is 5.97 Å². The Kier molecular flexibility index (Phi) is 52.5. The van der Waals surface area contributed by atoms with Crippen LogP contribution in [-0.4, -0.2) is 47.4 Å². The Labute approximate surface area is 394 Å². The maximum atomic E-state index is 12.5. The number of esters is 1. The van der Waals surface area contributed by atoms with Gasteiger partial charge in [0.2, 0.25) is 5.91 Å². The summed E-state index contributed by atoms with van der Waals surface area (Å²) in [5, 5.41) is 23.3. The quantitative estimate of drug-likeness (QED) is 0.0418. The zero-order valence-electron chi connectivity index (χ0n) is 42.8. The van der Waals surface area contributed by atoms with E-state index >= 15 is 0 Å². The Morgan fingerprint density at radius 3 is 0.968 bits per heavy atom. The minimum absolute atomic E-state index is 0.00701. The molecule has 6 nitrogen and oxygen atoms in total. The second-order valence-corrected chi connectivity index (χ2v) is 20.0. The Balaban J connectivity index is 3.40. The highest BCUT2D eigenvalue weighted by Gasteiger charge is 2.20. The summed E-state index contributed by atoms with van der Waals surface area (Å²) in [5.74, 6) is -0.0319. The van der Waals surface area contributed by atoms with Crippen molar-refractivity contribution in [3.8, 4) is 0 Å². The van der Waals surface area contributed by atoms with E-state index in [1.165, 1.54) is 257 Å². The number of nitrogens with one attached hydrogen (secondary N) is 1. The van der Waals surface area contributed by atoms with Gasteiger partial charge in [0.25, 0.3) is 0 Å². The van der Waals surface area contributed by atoms with E-state index in [0.717, 1.165) is 38.5 Å². The van der Waals surface area contributed by atoms with Crippen molar-refractivity contribution in [3.63, 3.8) is 0 Å². The van der Waals surface area contributed by atoms with Gasteiger partial charge in [-0.2, -0.15) is 0 Å². The lowest BCUT2D eigenvalue weighted by molar-refractivity contribution is -0.143. The molecule has 376 valence electrons. The molecular formula is C57H113NO5. The van der Waals surface area contributed by atoms with Crippen LogP contribution in [0.2, 0.25) is 0 Å². The van der Waals surface area contributed by atoms with Crippen LogP contribution < -0.4 is 5.32 Å². The number of carbonyl (C=O) groups excluding carboxylic acids is 2. The number of hydrogen-bond donors (Lipinski definition) is 3. The standard InChI is InChI=1S/C57H113NO5/c1-3-5-7-9-11-13-15-17-21-25-29-33-37-41-45-49-55(60)54(53-59)58-56(61)50-46-42-38-34-30-26-23-19-20-24-28-32-36-40-44-48-52-63-57(62)51-47-43-39-35-31-27-22-18-16-14-12-10-8-6-4-2/h54-55,59-60H,3-53H2,1-2H3,(H,58,61). The molecule has 0 aliphatic heterocycles. The lowest BCUT2D eigenvalue weighted by Gasteiger charge is -2.22. The first-order chi connectivity index (χ1) is 31.0. The van der Waals surface area contributed by atoms with Crippen LogP contribution in [0.5, 0.6) is 0 Å². The highest BCUT2D eigenvalue weighted by Crippen LogP contribution is 2.18. The van der Waals surface area contributed by atoms with Gasteiger partial charge < -0.3 is 20.3 Å². The fourth-order valence-electron chi connectivity index (χ4n) is 9.23. The number of aliphatic hydroxyl groups is 2. The lowest BCUT2D eigenvalue weighted by Crippen LogP contribution is -2.45. The fourth-order valence-corrected chi connectivity index (χ4v) is 9.23. The summed E-state index contributed by atoms with van der Waals surface area (Å²) in [6.07, 6.45) is 60.8. The van der Waals surface area contributed by atoms with E-state index in [0.29, 0.717) is 25.9 Å². The van der Waals surface area contributed by atoms with E-state index in [4.69, 9.17) is 4.74 Å². The smallest absolute Gasteiger partial charge is 0.305 e. The Morgan fingerprint density at radius 2 is 0.651 bits per heavy atom. The van der Waals surface area contributed by atoms with Crippen molar-refractivity contribution in [3.05, 3.63) is 0 Å². The average Bonchev–Trinajstić information content (AvgIpc) is 3.28. The molecule has 0 spiro atoms. The van der Waals surface area contributed by atoms with Crippen molar-refractivity contribution in [2.45, 2.75) is 341 Å². The zero-order chi connectivity index (χ0) is 45.8. The van der Waals surface area contributed by atoms with Gasteiger partial charge in [0.15, 0.2) is 0 Å². The van der Waals surface area contributed by atoms with E-state index < -0.39 is 12.1 Å². The van der Waals surface area contributed by atoms with Crippen molar-refractivity contribution in [1.29, 1.82) is 0 Å². The molecule has 0 aliphatic rings. The molecule has 2 atom stereocenters. The van der Waals surface area contributed by atoms with Crippen LogP contribution in [-0.2, 0) is 14.3 Å². The molecule has 6 heteroatoms. The summed E-state index contributed by atoms with van der Waals surface area (Å²) in [5.41, 5.74) is 0. The monoisotopic (exact) mass is 892 g/mol. The van der Waals surface area contributed by atoms with Crippen molar-refractivity contribution >= 4 is 11.9 Å². The second kappa shape index (κ2) is 53.5. The predicted molar refractivity (Wildman–Crippen MR) is 274 cm³/mol. The highest BCUT2D eigenvalue weighted by molar-refractivity contribution is 5.76. The molecule has 0 bridgehead atoms. The number of aliphatic hydroxyl groups excluding tert-OH is 2. The molecule has 0 aromatic carbocycles. The molecule has 0 aliphatic carbocycles. The number of hydrogen-bond acceptors (Lipinski definition) is 5. The van der Waals surface area contributed by atoms with Crippen molar-refractivity contribution < 1.29 is 24.5 Å². The van der Waals surface area contributed by atoms with Gasteiger partial charge in [-0.15, -0.1) is 0 Å². The van der Waals surface area contributed by atoms with Crippen LogP contribution in [0.25, 0.3) is 0 Å². The van der Waals surface area contributed by atoms with Crippen LogP contribution in [0, 0.1) is 0 Å². The number of unbranched alkanes of at least 4 members (excludes halogenated alkanes) is 43. The molecule has 3 N–H and O–H groups in total. The first-order valence-electron chi connectivity index (χ1n) is 28.8. The maximum absolute atomic E-state index is 12.5. The average molecular weight is 893 g/mol. The molecule has 0 heterocycles. The van der Waals surface area contributed by atoms with E-state index in [2.05, 4.69) is 19.2 Å². The van der Waals surface area contributed by atoms with Gasteiger partial charge in [-0.05, 0) is 25.7 Å². The molecule has 2 unspecified atom stereocenters. The number of amides is 1. The van der Waals surface area contributed by atoms with Gasteiger partial charge in [-0.1, -0.05) is 290 Å². The first-order valence-corrected chi connectivity index (χ1v) is 28.8. The third-order valence-electron chi connectivity index (χ3n) is 13.7. The van der Waals surface area contributed by atoms with Crippen molar-refractivity contribution in [1.82, 2.24) is 5.32 Å². The third-order valence-corrected chi connectivity index (χ3v) is 13.7. The van der Waals surface area contributed by atoms with E-state index in [1.807, 2.05) is 0 Å². The summed E-state index contributed by atoms with van der Waals surface area (Å²) in [4.78, 5) is 24.5. The summed E-state index contributed by atoms with van der Waals surface area (Å²) < 4.78 is 5.48. The SMILES string of the molecule is CCCCCCCCCCCCCCCCCC(=O)OCCCCCCCCCCCCCCCCCCC(=O)NC(CO)C(O)CCCCCCCCCCCCCCCCC. The van der Waals surface area contributed by atoms with Gasteiger partial charge in [-0.3, -0.25) is 9.59 Å². The molecule has 0 rings (SSSR count). The Hall–Kier alpha value is -1.14. The van der Waals surface area contributed by atoms with Crippen LogP contribution >= 0.6 is 0 Å². The van der Waals surface area contributed by atoms with E-state index in [-0.39, 0.29) is 18.5 Å². The Bertz CT molecular complexity index is 898. The van der Waals surface area contributed by atoms with Gasteiger partial charge in [0.05, 0.1) is 25.4 Å². The van der Waals surface area contributed by atoms with Crippen LogP contribution in [0.1, 0.15) is 328 Å². The van der Waals surface area contributed by atoms with Gasteiger partial charge in [0, 0.05) is 12.8 Å². The summed E-state index contributed by atoms with van der Waals surface area (Å²) in [6.45, 7) is 4.97. The normalized spacial score (nSPS) is 12.5. The minimum Gasteiger partial charge on any atom is -0.466 e. The number of rotatable bonds is 54. The Morgan fingerprint density at radius 1 is 0.381 bits per heavy atom. The summed E-state index contributed by atoms with van der Waals surface area (Å²) in [7, 11) is 0. The lowest BCUT2D eigenvalue weighted by atomic mass is 10.0. The minimum atomic E-state index is -0.667. The first kappa shape index (κ1) is 61.9. The fraction of sp³-hybridized carbons (Fsp3) is 0.965. The molecular weight excluding hydrogens is 779 g/mol. The molecule has 0 fully saturated rings. The van der Waals surface area contributed by atoms with Crippen molar-refractivity contribution in [2.24, 2.45) is 0 Å². The summed E-state index contributed by atoms with van der Waals surface area (Å²) >= 11 is 0. The molecule has 0 saturated carbocycles. The van der Waals surface area contributed by atoms with Crippen LogP contribution in [0.4, 0.5) is 0 Å². The number of carbonyl (C=O) groups is 2. The molecule has 0 saturated heterocycles.